The van der Waals surface area contributed by atoms with Crippen molar-refractivity contribution in [3.8, 4) is 0 Å². The molecule has 7 heavy (non-hydrogen) atoms. The van der Waals surface area contributed by atoms with Crippen LogP contribution in [-0.2, 0) is 10.4 Å². The predicted molar refractivity (Wildman–Crippen MR) is 19.0 cm³/mol. The third kappa shape index (κ3) is 84.7. The van der Waals surface area contributed by atoms with Crippen molar-refractivity contribution in [2.24, 2.45) is 0 Å². The maximum Gasteiger partial charge on any atom is 2.00 e. The molecule has 0 bridgehead atoms. The quantitative estimate of drug-likeness (QED) is 0.283. The van der Waals surface area contributed by atoms with Gasteiger partial charge in [-0.25, -0.2) is 0 Å². The molecule has 7 heteroatoms. The number of rotatable bonds is 0. The van der Waals surface area contributed by atoms with Crippen LogP contribution in [0.15, 0.2) is 0 Å². The van der Waals surface area contributed by atoms with Crippen molar-refractivity contribution in [3.05, 3.63) is 0 Å². The topological polar surface area (TPSA) is 80.3 Å². The summed E-state index contributed by atoms with van der Waals surface area (Å²) in [7, 11) is -5.17. The van der Waals surface area contributed by atoms with Gasteiger partial charge in [0.25, 0.3) is 0 Å². The predicted octanol–water partition coefficient (Wildman–Crippen LogP) is -2.25. The molecule has 0 amide bonds. The van der Waals surface area contributed by atoms with E-state index >= 15 is 0 Å². The molecular weight excluding hydrogens is 269 g/mol. The van der Waals surface area contributed by atoms with Crippen LogP contribution in [0.4, 0.5) is 0 Å². The third-order valence-corrected chi connectivity index (χ3v) is 0. The first-order valence-electron chi connectivity index (χ1n) is 0.667. The fourth-order valence-corrected chi connectivity index (χ4v) is 0. The summed E-state index contributed by atoms with van der Waals surface area (Å²) >= 11 is 0. The van der Waals surface area contributed by atoms with Gasteiger partial charge in [0.2, 0.25) is 0 Å². The van der Waals surface area contributed by atoms with Crippen molar-refractivity contribution < 1.29 is 29.9 Å². The van der Waals surface area contributed by atoms with Gasteiger partial charge in [0.1, 0.15) is 0 Å². The molecule has 0 aliphatic heterocycles. The zero-order chi connectivity index (χ0) is 4.50. The Morgan fingerprint density at radius 3 is 1.14 bits per heavy atom. The second-order valence-electron chi connectivity index (χ2n) is 0.408. The molecule has 0 atom stereocenters. The Bertz CT molecular complexity index is 94.9. The summed E-state index contributed by atoms with van der Waals surface area (Å²) in [6.07, 6.45) is 0. The molecule has 0 radical (unpaired) electrons. The van der Waals surface area contributed by atoms with Crippen LogP contribution in [0.5, 0.6) is 0 Å². The van der Waals surface area contributed by atoms with Crippen LogP contribution in [0.25, 0.3) is 0 Å². The van der Waals surface area contributed by atoms with Gasteiger partial charge in [-0.15, -0.1) is 0 Å². The molecule has 40 valence electrons. The summed E-state index contributed by atoms with van der Waals surface area (Å²) in [6.45, 7) is 0. The van der Waals surface area contributed by atoms with Gasteiger partial charge >= 0.3 is 48.9 Å². The van der Waals surface area contributed by atoms with Crippen LogP contribution in [0.1, 0.15) is 0 Å². The van der Waals surface area contributed by atoms with Crippen molar-refractivity contribution in [1.82, 2.24) is 0 Å². The molecule has 0 saturated heterocycles. The summed E-state index contributed by atoms with van der Waals surface area (Å²) in [5.74, 6) is 0. The summed E-state index contributed by atoms with van der Waals surface area (Å²) in [6, 6.07) is 0. The molecule has 0 N–H and O–H groups in total. The van der Waals surface area contributed by atoms with E-state index in [1.807, 2.05) is 0 Å². The van der Waals surface area contributed by atoms with Crippen LogP contribution in [-0.4, -0.2) is 66.4 Å². The molecule has 0 unspecified atom stereocenters. The van der Waals surface area contributed by atoms with Crippen LogP contribution in [0.2, 0.25) is 0 Å². The van der Waals surface area contributed by atoms with E-state index in [4.69, 9.17) is 17.5 Å². The maximum absolute atomic E-state index is 8.52. The largest absolute Gasteiger partial charge is 2.00 e. The molecule has 0 aromatic rings. The van der Waals surface area contributed by atoms with Crippen molar-refractivity contribution in [3.63, 3.8) is 0 Å². The van der Waals surface area contributed by atoms with E-state index in [0.29, 0.717) is 0 Å². The molecule has 0 rings (SSSR count). The second kappa shape index (κ2) is 5.86. The molecule has 0 aromatic heterocycles. The van der Waals surface area contributed by atoms with E-state index in [-0.39, 0.29) is 61.3 Å². The van der Waals surface area contributed by atoms with Gasteiger partial charge in [0.15, 0.2) is 0 Å². The number of hydrogen-bond acceptors (Lipinski definition) is 4. The Hall–Kier alpha value is 1.73. The second-order valence-corrected chi connectivity index (χ2v) is 1.22. The first kappa shape index (κ1) is 15.9. The fourth-order valence-electron chi connectivity index (χ4n) is 0. The summed E-state index contributed by atoms with van der Waals surface area (Å²) in [5, 5.41) is 0. The Balaban J connectivity index is -0.0000000800. The SMILES string of the molecule is O=S(=O)([O-])[O-].[Ba+2].[ClH2+]. The van der Waals surface area contributed by atoms with Crippen LogP contribution >= 0.6 is 0 Å². The molecule has 0 aliphatic rings. The first-order chi connectivity index (χ1) is 2.00. The van der Waals surface area contributed by atoms with Crippen molar-refractivity contribution in [2.45, 2.75) is 0 Å². The molecular formula is H2BaClO4S+. The summed E-state index contributed by atoms with van der Waals surface area (Å²) < 4.78 is 34.1. The number of hydrogen-bond donors (Lipinski definition) is 0. The molecule has 0 fully saturated rings. The van der Waals surface area contributed by atoms with Gasteiger partial charge in [-0.2, -0.15) is 0 Å². The summed E-state index contributed by atoms with van der Waals surface area (Å²) in [4.78, 5) is 0. The van der Waals surface area contributed by atoms with Gasteiger partial charge in [0, 0.05) is 10.4 Å². The molecule has 0 saturated carbocycles. The Morgan fingerprint density at radius 2 is 1.14 bits per heavy atom. The Kier molecular flexibility index (Phi) is 13.3. The minimum atomic E-state index is -5.17. The van der Waals surface area contributed by atoms with Crippen molar-refractivity contribution in [2.75, 3.05) is 0 Å². The van der Waals surface area contributed by atoms with Crippen molar-refractivity contribution >= 4 is 59.3 Å². The van der Waals surface area contributed by atoms with E-state index in [1.165, 1.54) is 0 Å². The van der Waals surface area contributed by atoms with Gasteiger partial charge in [0.05, 0.1) is 12.4 Å². The first-order valence-corrected chi connectivity index (χ1v) is 2.00. The standard InChI is InChI=1S/Ba.ClH2.H2O4S/c;;1-5(2,3)4/h;1H2;(H2,1,2,3,4)/q+2;+1;/p-2. The number of halogens is 1. The van der Waals surface area contributed by atoms with E-state index in [2.05, 4.69) is 0 Å². The van der Waals surface area contributed by atoms with Crippen LogP contribution in [0.3, 0.4) is 0 Å². The van der Waals surface area contributed by atoms with Crippen LogP contribution < -0.4 is 0 Å². The fraction of sp³-hybridized carbons (Fsp3) is 0. The van der Waals surface area contributed by atoms with Crippen molar-refractivity contribution in [1.29, 1.82) is 0 Å². The average Bonchev–Trinajstić information content (AvgIpc) is 0.722. The summed E-state index contributed by atoms with van der Waals surface area (Å²) in [5.41, 5.74) is 0. The normalized spacial score (nSPS) is 8.29. The van der Waals surface area contributed by atoms with Gasteiger partial charge in [-0.3, -0.25) is 8.42 Å². The monoisotopic (exact) mass is 271 g/mol. The van der Waals surface area contributed by atoms with Gasteiger partial charge in [-0.05, 0) is 0 Å². The minimum absolute atomic E-state index is 0. The molecule has 0 heterocycles. The smallest absolute Gasteiger partial charge is 0.759 e. The zero-order valence-electron chi connectivity index (χ0n) is 3.20. The Morgan fingerprint density at radius 1 is 1.14 bits per heavy atom. The third-order valence-electron chi connectivity index (χ3n) is 0. The van der Waals surface area contributed by atoms with Gasteiger partial charge < -0.3 is 9.11 Å². The maximum atomic E-state index is 8.52. The molecule has 0 aliphatic carbocycles. The molecule has 4 nitrogen and oxygen atoms in total. The van der Waals surface area contributed by atoms with E-state index in [1.54, 1.807) is 0 Å². The molecule has 0 spiro atoms. The minimum Gasteiger partial charge on any atom is -0.759 e. The van der Waals surface area contributed by atoms with Crippen LogP contribution in [0, 0.1) is 12.4 Å². The Labute approximate surface area is 87.7 Å². The molecule has 0 aromatic carbocycles. The van der Waals surface area contributed by atoms with E-state index in [0.717, 1.165) is 0 Å². The van der Waals surface area contributed by atoms with E-state index < -0.39 is 10.4 Å². The average molecular weight is 271 g/mol. The van der Waals surface area contributed by atoms with E-state index in [9.17, 15) is 0 Å². The van der Waals surface area contributed by atoms with Gasteiger partial charge in [-0.1, -0.05) is 0 Å². The zero-order valence-corrected chi connectivity index (χ0v) is 9.35.